The van der Waals surface area contributed by atoms with Gasteiger partial charge in [-0.1, -0.05) is 6.07 Å². The number of halogens is 2. The van der Waals surface area contributed by atoms with Gasteiger partial charge in [0.25, 0.3) is 5.91 Å². The fraction of sp³-hybridized carbons (Fsp3) is 0.360. The minimum atomic E-state index is -3.86. The average molecular weight is 502 g/mol. The van der Waals surface area contributed by atoms with Crippen molar-refractivity contribution in [2.45, 2.75) is 50.5 Å². The molecule has 184 valence electrons. The maximum absolute atomic E-state index is 14.3. The third-order valence-corrected chi connectivity index (χ3v) is 6.83. The van der Waals surface area contributed by atoms with Crippen molar-refractivity contribution >= 4 is 21.6 Å². The highest BCUT2D eigenvalue weighted by molar-refractivity contribution is 7.92. The Bertz CT molecular complexity index is 1360. The summed E-state index contributed by atoms with van der Waals surface area (Å²) in [6.07, 6.45) is 6.77. The van der Waals surface area contributed by atoms with Crippen molar-refractivity contribution in [3.63, 3.8) is 0 Å². The van der Waals surface area contributed by atoms with Crippen molar-refractivity contribution in [3.05, 3.63) is 70.6 Å². The minimum absolute atomic E-state index is 0.0490. The number of aromatic nitrogens is 1. The predicted octanol–water partition coefficient (Wildman–Crippen LogP) is 5.24. The topological polar surface area (TPSA) is 101 Å². The monoisotopic (exact) mass is 501 g/mol. The van der Waals surface area contributed by atoms with Gasteiger partial charge < -0.3 is 9.73 Å². The average Bonchev–Trinajstić information content (AvgIpc) is 3.72. The lowest BCUT2D eigenvalue weighted by atomic mass is 10.00. The molecule has 2 saturated carbocycles. The predicted molar refractivity (Wildman–Crippen MR) is 127 cm³/mol. The zero-order chi connectivity index (χ0) is 24.9. The molecule has 0 aliphatic heterocycles. The molecule has 1 heterocycles. The molecular weight excluding hydrogens is 476 g/mol. The van der Waals surface area contributed by atoms with Crippen LogP contribution in [-0.2, 0) is 10.0 Å². The van der Waals surface area contributed by atoms with Crippen LogP contribution in [0.4, 0.5) is 14.5 Å². The lowest BCUT2D eigenvalue weighted by molar-refractivity contribution is 0.0934. The van der Waals surface area contributed by atoms with Crippen molar-refractivity contribution < 1.29 is 26.4 Å². The molecule has 1 amide bonds. The highest BCUT2D eigenvalue weighted by atomic mass is 32.2. The van der Waals surface area contributed by atoms with E-state index in [2.05, 4.69) is 28.5 Å². The van der Waals surface area contributed by atoms with Gasteiger partial charge >= 0.3 is 0 Å². The third kappa shape index (κ3) is 5.37. The largest absolute Gasteiger partial charge is 0.444 e. The number of hydrogen-bond donors (Lipinski definition) is 2. The van der Waals surface area contributed by atoms with Crippen LogP contribution in [0.5, 0.6) is 0 Å². The van der Waals surface area contributed by atoms with Crippen LogP contribution in [0.2, 0.25) is 0 Å². The first-order valence-electron chi connectivity index (χ1n) is 11.5. The van der Waals surface area contributed by atoms with E-state index in [0.717, 1.165) is 24.0 Å². The molecule has 35 heavy (non-hydrogen) atoms. The quantitative estimate of drug-likeness (QED) is 0.440. The molecule has 10 heteroatoms. The second kappa shape index (κ2) is 8.75. The SMILES string of the molecule is C[C@@H](NC(=O)c1coc(-c2cc(C3CC3)cc(C3CC3)c2)n1)c1cc(F)c(NS(C)(=O)=O)c(F)c1. The van der Waals surface area contributed by atoms with Gasteiger partial charge in [0.15, 0.2) is 17.3 Å². The zero-order valence-electron chi connectivity index (χ0n) is 19.3. The zero-order valence-corrected chi connectivity index (χ0v) is 20.1. The summed E-state index contributed by atoms with van der Waals surface area (Å²) in [5, 5.41) is 2.65. The van der Waals surface area contributed by atoms with E-state index in [4.69, 9.17) is 4.42 Å². The van der Waals surface area contributed by atoms with Gasteiger partial charge in [-0.05, 0) is 85.4 Å². The molecule has 5 rings (SSSR count). The van der Waals surface area contributed by atoms with Crippen LogP contribution in [0, 0.1) is 11.6 Å². The van der Waals surface area contributed by atoms with E-state index < -0.39 is 39.3 Å². The first-order valence-corrected chi connectivity index (χ1v) is 13.3. The number of sulfonamides is 1. The summed E-state index contributed by atoms with van der Waals surface area (Å²) in [5.74, 6) is -1.24. The Morgan fingerprint density at radius 3 is 2.11 bits per heavy atom. The van der Waals surface area contributed by atoms with Gasteiger partial charge in [0.05, 0.1) is 12.3 Å². The molecule has 0 radical (unpaired) electrons. The maximum Gasteiger partial charge on any atom is 0.273 e. The summed E-state index contributed by atoms with van der Waals surface area (Å²) in [4.78, 5) is 17.1. The van der Waals surface area contributed by atoms with Crippen molar-refractivity contribution in [1.82, 2.24) is 10.3 Å². The number of rotatable bonds is 8. The molecule has 1 atom stereocenters. The fourth-order valence-corrected chi connectivity index (χ4v) is 4.66. The maximum atomic E-state index is 14.3. The molecule has 0 unspecified atom stereocenters. The number of carbonyl (C=O) groups is 1. The van der Waals surface area contributed by atoms with Crippen LogP contribution in [0.25, 0.3) is 11.5 Å². The van der Waals surface area contributed by atoms with Gasteiger partial charge in [-0.15, -0.1) is 0 Å². The van der Waals surface area contributed by atoms with Crippen molar-refractivity contribution in [1.29, 1.82) is 0 Å². The molecule has 2 aliphatic rings. The summed E-state index contributed by atoms with van der Waals surface area (Å²) < 4.78 is 58.7. The first kappa shape index (κ1) is 23.5. The molecule has 1 aromatic heterocycles. The number of amides is 1. The smallest absolute Gasteiger partial charge is 0.273 e. The first-order chi connectivity index (χ1) is 16.6. The Morgan fingerprint density at radius 2 is 1.60 bits per heavy atom. The normalized spacial score (nSPS) is 16.7. The van der Waals surface area contributed by atoms with Gasteiger partial charge in [-0.25, -0.2) is 22.2 Å². The standard InChI is InChI=1S/C25H25F2N3O4S/c1-13(16-10-20(26)23(21(27)11-16)30-35(2,32)33)28-24(31)22-12-34-25(29-22)19-8-17(14-3-4-14)7-18(9-19)15-5-6-15/h7-15,30H,3-6H2,1-2H3,(H,28,31)/t13-/m1/s1. The van der Waals surface area contributed by atoms with E-state index in [1.807, 2.05) is 4.72 Å². The Morgan fingerprint density at radius 1 is 1.03 bits per heavy atom. The van der Waals surface area contributed by atoms with Crippen LogP contribution in [0.1, 0.15) is 77.7 Å². The van der Waals surface area contributed by atoms with Crippen LogP contribution >= 0.6 is 0 Å². The van der Waals surface area contributed by atoms with E-state index in [1.165, 1.54) is 43.1 Å². The van der Waals surface area contributed by atoms with E-state index in [0.29, 0.717) is 17.7 Å². The lowest BCUT2D eigenvalue weighted by Crippen LogP contribution is -2.27. The third-order valence-electron chi connectivity index (χ3n) is 6.26. The summed E-state index contributed by atoms with van der Waals surface area (Å²) in [7, 11) is -3.86. The number of nitrogens with one attached hydrogen (secondary N) is 2. The Kier molecular flexibility index (Phi) is 5.86. The summed E-state index contributed by atoms with van der Waals surface area (Å²) >= 11 is 0. The van der Waals surface area contributed by atoms with Gasteiger partial charge in [0, 0.05) is 5.56 Å². The number of anilines is 1. The van der Waals surface area contributed by atoms with Crippen molar-refractivity contribution in [2.75, 3.05) is 11.0 Å². The fourth-order valence-electron chi connectivity index (χ4n) is 4.09. The second-order valence-electron chi connectivity index (χ2n) is 9.40. The summed E-state index contributed by atoms with van der Waals surface area (Å²) in [6.45, 7) is 1.55. The highest BCUT2D eigenvalue weighted by Crippen LogP contribution is 2.46. The van der Waals surface area contributed by atoms with E-state index in [9.17, 15) is 22.0 Å². The van der Waals surface area contributed by atoms with Crippen LogP contribution in [0.3, 0.4) is 0 Å². The second-order valence-corrected chi connectivity index (χ2v) is 11.2. The molecule has 2 aromatic carbocycles. The minimum Gasteiger partial charge on any atom is -0.444 e. The molecule has 7 nitrogen and oxygen atoms in total. The number of nitrogens with zero attached hydrogens (tertiary/aromatic N) is 1. The number of oxazole rings is 1. The van der Waals surface area contributed by atoms with Crippen LogP contribution < -0.4 is 10.0 Å². The van der Waals surface area contributed by atoms with Crippen molar-refractivity contribution in [3.8, 4) is 11.5 Å². The van der Waals surface area contributed by atoms with Gasteiger partial charge in [0.2, 0.25) is 15.9 Å². The Labute approximate surface area is 202 Å². The molecule has 0 saturated heterocycles. The summed E-state index contributed by atoms with van der Waals surface area (Å²) in [6, 6.07) is 7.57. The van der Waals surface area contributed by atoms with E-state index in [-0.39, 0.29) is 11.3 Å². The van der Waals surface area contributed by atoms with E-state index in [1.54, 1.807) is 6.92 Å². The Balaban J connectivity index is 1.32. The molecular formula is C25H25F2N3O4S. The number of carbonyl (C=O) groups excluding carboxylic acids is 1. The molecule has 0 bridgehead atoms. The van der Waals surface area contributed by atoms with Crippen molar-refractivity contribution in [2.24, 2.45) is 0 Å². The Hall–Kier alpha value is -3.27. The molecule has 3 aromatic rings. The number of hydrogen-bond acceptors (Lipinski definition) is 5. The van der Waals surface area contributed by atoms with Crippen LogP contribution in [0.15, 0.2) is 41.0 Å². The van der Waals surface area contributed by atoms with Gasteiger partial charge in [-0.3, -0.25) is 9.52 Å². The number of benzene rings is 2. The lowest BCUT2D eigenvalue weighted by Gasteiger charge is -2.15. The molecule has 0 spiro atoms. The summed E-state index contributed by atoms with van der Waals surface area (Å²) in [5.41, 5.74) is 2.80. The van der Waals surface area contributed by atoms with E-state index >= 15 is 0 Å². The molecule has 2 aliphatic carbocycles. The molecule has 2 N–H and O–H groups in total. The van der Waals surface area contributed by atoms with Gasteiger partial charge in [-0.2, -0.15) is 0 Å². The van der Waals surface area contributed by atoms with Gasteiger partial charge in [0.1, 0.15) is 12.0 Å². The molecule has 2 fully saturated rings. The highest BCUT2D eigenvalue weighted by Gasteiger charge is 2.29. The van der Waals surface area contributed by atoms with Crippen LogP contribution in [-0.4, -0.2) is 25.6 Å².